The molecule has 0 radical (unpaired) electrons. The fourth-order valence-electron chi connectivity index (χ4n) is 2.91. The van der Waals surface area contributed by atoms with Gasteiger partial charge in [0, 0.05) is 25.7 Å². The number of rotatable bonds is 5. The van der Waals surface area contributed by atoms with Crippen molar-refractivity contribution >= 4 is 17.8 Å². The van der Waals surface area contributed by atoms with Gasteiger partial charge in [-0.1, -0.05) is 12.1 Å². The quantitative estimate of drug-likeness (QED) is 0.864. The Hall–Kier alpha value is -2.88. The molecule has 1 aliphatic heterocycles. The normalized spacial score (nSPS) is 16.8. The summed E-state index contributed by atoms with van der Waals surface area (Å²) in [7, 11) is 1.54. The number of likely N-dealkylation sites (tertiary alicyclic amines) is 1. The summed E-state index contributed by atoms with van der Waals surface area (Å²) >= 11 is 0. The van der Waals surface area contributed by atoms with E-state index in [2.05, 4.69) is 0 Å². The number of hydrogen-bond donors (Lipinski definition) is 1. The number of nitrogens with zero attached hydrogens (tertiary/aromatic N) is 3. The minimum Gasteiger partial charge on any atom is -0.481 e. The van der Waals surface area contributed by atoms with E-state index in [0.717, 1.165) is 5.56 Å². The van der Waals surface area contributed by atoms with Crippen LogP contribution in [0.1, 0.15) is 28.8 Å². The van der Waals surface area contributed by atoms with Crippen molar-refractivity contribution in [1.82, 2.24) is 9.80 Å². The topological polar surface area (TPSA) is 102 Å². The summed E-state index contributed by atoms with van der Waals surface area (Å²) < 4.78 is 0. The predicted octanol–water partition coefficient (Wildman–Crippen LogP) is 1.15. The number of hydrogen-bond acceptors (Lipinski definition) is 4. The van der Waals surface area contributed by atoms with E-state index >= 15 is 0 Å². The van der Waals surface area contributed by atoms with Gasteiger partial charge in [0.05, 0.1) is 25.0 Å². The summed E-state index contributed by atoms with van der Waals surface area (Å²) in [5.41, 5.74) is 1.17. The first kappa shape index (κ1) is 18.5. The predicted molar refractivity (Wildman–Crippen MR) is 89.7 cm³/mol. The van der Waals surface area contributed by atoms with Gasteiger partial charge in [-0.2, -0.15) is 5.26 Å². The fraction of sp³-hybridized carbons (Fsp3) is 0.444. The van der Waals surface area contributed by atoms with Gasteiger partial charge >= 0.3 is 5.97 Å². The van der Waals surface area contributed by atoms with Gasteiger partial charge in [0.1, 0.15) is 0 Å². The van der Waals surface area contributed by atoms with Gasteiger partial charge < -0.3 is 14.9 Å². The molecule has 1 heterocycles. The molecule has 7 nitrogen and oxygen atoms in total. The molecule has 1 aromatic carbocycles. The van der Waals surface area contributed by atoms with Crippen LogP contribution in [0, 0.1) is 17.2 Å². The van der Waals surface area contributed by atoms with E-state index in [1.54, 1.807) is 24.3 Å². The first-order valence-corrected chi connectivity index (χ1v) is 8.14. The van der Waals surface area contributed by atoms with Gasteiger partial charge in [0.15, 0.2) is 0 Å². The molecule has 0 bridgehead atoms. The summed E-state index contributed by atoms with van der Waals surface area (Å²) in [6.07, 6.45) is 1.43. The molecule has 1 atom stereocenters. The highest BCUT2D eigenvalue weighted by atomic mass is 16.4. The molecule has 0 aliphatic carbocycles. The lowest BCUT2D eigenvalue weighted by Crippen LogP contribution is -2.46. The minimum absolute atomic E-state index is 0.104. The molecule has 0 saturated carbocycles. The molecule has 132 valence electrons. The van der Waals surface area contributed by atoms with E-state index in [0.29, 0.717) is 24.9 Å². The van der Waals surface area contributed by atoms with Crippen molar-refractivity contribution in [2.24, 2.45) is 5.92 Å². The molecule has 1 unspecified atom stereocenters. The number of carboxylic acid groups (broad SMARTS) is 1. The number of nitriles is 1. The van der Waals surface area contributed by atoms with Crippen LogP contribution < -0.4 is 0 Å². The van der Waals surface area contributed by atoms with Crippen molar-refractivity contribution in [1.29, 1.82) is 5.26 Å². The van der Waals surface area contributed by atoms with Crippen LogP contribution in [0.2, 0.25) is 0 Å². The van der Waals surface area contributed by atoms with Crippen molar-refractivity contribution in [2.45, 2.75) is 19.3 Å². The van der Waals surface area contributed by atoms with Crippen LogP contribution >= 0.6 is 0 Å². The Morgan fingerprint density at radius 1 is 1.40 bits per heavy atom. The monoisotopic (exact) mass is 343 g/mol. The Morgan fingerprint density at radius 2 is 2.16 bits per heavy atom. The summed E-state index contributed by atoms with van der Waals surface area (Å²) in [6, 6.07) is 8.80. The van der Waals surface area contributed by atoms with Crippen molar-refractivity contribution in [3.8, 4) is 6.07 Å². The Labute approximate surface area is 146 Å². The molecule has 1 fully saturated rings. The molecule has 0 spiro atoms. The third-order valence-electron chi connectivity index (χ3n) is 4.30. The molecule has 25 heavy (non-hydrogen) atoms. The highest BCUT2D eigenvalue weighted by Gasteiger charge is 2.29. The molecule has 1 saturated heterocycles. The molecule has 2 amide bonds. The molecule has 1 aromatic rings. The van der Waals surface area contributed by atoms with E-state index in [4.69, 9.17) is 10.4 Å². The number of carbonyl (C=O) groups is 3. The molecular weight excluding hydrogens is 322 g/mol. The van der Waals surface area contributed by atoms with Gasteiger partial charge in [-0.15, -0.1) is 0 Å². The lowest BCUT2D eigenvalue weighted by molar-refractivity contribution is -0.145. The third kappa shape index (κ3) is 4.80. The third-order valence-corrected chi connectivity index (χ3v) is 4.30. The van der Waals surface area contributed by atoms with Crippen molar-refractivity contribution in [2.75, 3.05) is 26.7 Å². The Bertz CT molecular complexity index is 711. The van der Waals surface area contributed by atoms with Gasteiger partial charge in [-0.05, 0) is 30.5 Å². The smallest absolute Gasteiger partial charge is 0.308 e. The van der Waals surface area contributed by atoms with E-state index in [1.165, 1.54) is 16.8 Å². The van der Waals surface area contributed by atoms with Crippen LogP contribution in [0.5, 0.6) is 0 Å². The van der Waals surface area contributed by atoms with Crippen LogP contribution in [0.15, 0.2) is 24.3 Å². The second-order valence-electron chi connectivity index (χ2n) is 6.21. The number of aliphatic carboxylic acids is 1. The highest BCUT2D eigenvalue weighted by molar-refractivity contribution is 5.96. The number of likely N-dealkylation sites (N-methyl/N-ethyl adjacent to an activating group) is 1. The highest BCUT2D eigenvalue weighted by Crippen LogP contribution is 2.17. The summed E-state index contributed by atoms with van der Waals surface area (Å²) in [6.45, 7) is 0.601. The molecule has 0 aromatic heterocycles. The first-order valence-electron chi connectivity index (χ1n) is 8.14. The standard InChI is InChI=1S/C18H21N3O4/c1-20(17(23)14-5-2-4-13(10-14)7-8-19)12-16(22)21-9-3-6-15(11-21)18(24)25/h2,4-5,10,15H,3,6-7,9,11-12H2,1H3,(H,24,25). The van der Waals surface area contributed by atoms with Crippen molar-refractivity contribution in [3.05, 3.63) is 35.4 Å². The van der Waals surface area contributed by atoms with Gasteiger partial charge in [-0.25, -0.2) is 0 Å². The van der Waals surface area contributed by atoms with E-state index in [1.807, 2.05) is 6.07 Å². The van der Waals surface area contributed by atoms with Gasteiger partial charge in [0.25, 0.3) is 5.91 Å². The van der Waals surface area contributed by atoms with E-state index < -0.39 is 11.9 Å². The molecule has 1 aliphatic rings. The van der Waals surface area contributed by atoms with Gasteiger partial charge in [0.2, 0.25) is 5.91 Å². The number of carbonyl (C=O) groups excluding carboxylic acids is 2. The SMILES string of the molecule is CN(CC(=O)N1CCCC(C(=O)O)C1)C(=O)c1cccc(CC#N)c1. The maximum atomic E-state index is 12.5. The Balaban J connectivity index is 1.98. The van der Waals surface area contributed by atoms with Crippen LogP contribution in [-0.2, 0) is 16.0 Å². The average molecular weight is 343 g/mol. The van der Waals surface area contributed by atoms with E-state index in [-0.39, 0.29) is 31.3 Å². The maximum absolute atomic E-state index is 12.5. The first-order chi connectivity index (χ1) is 11.9. The number of amides is 2. The van der Waals surface area contributed by atoms with Crippen LogP contribution in [0.3, 0.4) is 0 Å². The lowest BCUT2D eigenvalue weighted by atomic mass is 9.98. The number of piperidine rings is 1. The number of benzene rings is 1. The zero-order chi connectivity index (χ0) is 18.4. The summed E-state index contributed by atoms with van der Waals surface area (Å²) in [5, 5.41) is 17.8. The molecular formula is C18H21N3O4. The lowest BCUT2D eigenvalue weighted by Gasteiger charge is -2.32. The summed E-state index contributed by atoms with van der Waals surface area (Å²) in [4.78, 5) is 38.8. The molecule has 1 N–H and O–H groups in total. The van der Waals surface area contributed by atoms with Crippen molar-refractivity contribution < 1.29 is 19.5 Å². The summed E-state index contributed by atoms with van der Waals surface area (Å²) in [5.74, 6) is -1.99. The second-order valence-corrected chi connectivity index (χ2v) is 6.21. The number of carboxylic acids is 1. The second kappa shape index (κ2) is 8.29. The maximum Gasteiger partial charge on any atom is 0.308 e. The molecule has 2 rings (SSSR count). The molecule has 7 heteroatoms. The van der Waals surface area contributed by atoms with Crippen LogP contribution in [0.25, 0.3) is 0 Å². The average Bonchev–Trinajstić information content (AvgIpc) is 2.61. The zero-order valence-electron chi connectivity index (χ0n) is 14.1. The zero-order valence-corrected chi connectivity index (χ0v) is 14.1. The van der Waals surface area contributed by atoms with Crippen LogP contribution in [0.4, 0.5) is 0 Å². The van der Waals surface area contributed by atoms with Gasteiger partial charge in [-0.3, -0.25) is 14.4 Å². The largest absolute Gasteiger partial charge is 0.481 e. The Morgan fingerprint density at radius 3 is 2.84 bits per heavy atom. The van der Waals surface area contributed by atoms with Crippen LogP contribution in [-0.4, -0.2) is 59.4 Å². The van der Waals surface area contributed by atoms with Crippen molar-refractivity contribution in [3.63, 3.8) is 0 Å². The Kier molecular flexibility index (Phi) is 6.12. The minimum atomic E-state index is -0.892. The fourth-order valence-corrected chi connectivity index (χ4v) is 2.91. The van der Waals surface area contributed by atoms with E-state index in [9.17, 15) is 14.4 Å².